The topological polar surface area (TPSA) is 81.9 Å². The molecule has 0 spiro atoms. The minimum absolute atomic E-state index is 0.00490. The highest BCUT2D eigenvalue weighted by atomic mass is 19.4. The van der Waals surface area contributed by atoms with Gasteiger partial charge in [-0.25, -0.2) is 0 Å². The van der Waals surface area contributed by atoms with Gasteiger partial charge in [-0.2, -0.15) is 13.2 Å². The van der Waals surface area contributed by atoms with E-state index in [1.165, 1.54) is 30.2 Å². The summed E-state index contributed by atoms with van der Waals surface area (Å²) in [6.45, 7) is 1.79. The van der Waals surface area contributed by atoms with E-state index in [0.717, 1.165) is 12.1 Å². The smallest absolute Gasteiger partial charge is 0.416 e. The van der Waals surface area contributed by atoms with Gasteiger partial charge in [0.15, 0.2) is 0 Å². The van der Waals surface area contributed by atoms with Crippen molar-refractivity contribution in [2.45, 2.75) is 32.2 Å². The summed E-state index contributed by atoms with van der Waals surface area (Å²) in [5, 5.41) is 3.94. The third-order valence-electron chi connectivity index (χ3n) is 5.21. The average molecular weight is 476 g/mol. The van der Waals surface area contributed by atoms with Gasteiger partial charge in [0, 0.05) is 24.7 Å². The minimum Gasteiger partial charge on any atom is -0.489 e. The summed E-state index contributed by atoms with van der Waals surface area (Å²) < 4.78 is 53.6. The number of nitrogens with zero attached hydrogens (tertiary/aromatic N) is 2. The number of benzene rings is 2. The number of carbonyl (C=O) groups excluding carboxylic acids is 2. The molecule has 0 bridgehead atoms. The highest BCUT2D eigenvalue weighted by Crippen LogP contribution is 2.29. The van der Waals surface area contributed by atoms with Crippen molar-refractivity contribution in [3.05, 3.63) is 71.5 Å². The summed E-state index contributed by atoms with van der Waals surface area (Å²) in [5.74, 6) is -0.397. The first-order valence-corrected chi connectivity index (χ1v) is 10.3. The van der Waals surface area contributed by atoms with Crippen molar-refractivity contribution >= 4 is 11.9 Å². The van der Waals surface area contributed by atoms with Crippen LogP contribution in [0.5, 0.6) is 5.75 Å². The van der Waals surface area contributed by atoms with Crippen LogP contribution in [0.15, 0.2) is 59.1 Å². The van der Waals surface area contributed by atoms with Crippen LogP contribution in [-0.4, -0.2) is 42.1 Å². The number of aromatic nitrogens is 1. The van der Waals surface area contributed by atoms with Crippen LogP contribution in [0.25, 0.3) is 11.3 Å². The summed E-state index contributed by atoms with van der Waals surface area (Å²) in [5.41, 5.74) is 0.882. The van der Waals surface area contributed by atoms with Crippen LogP contribution in [0.2, 0.25) is 0 Å². The van der Waals surface area contributed by atoms with Crippen LogP contribution in [0.4, 0.5) is 13.2 Å². The zero-order valence-corrected chi connectivity index (χ0v) is 18.8. The Morgan fingerprint density at radius 3 is 2.47 bits per heavy atom. The van der Waals surface area contributed by atoms with Gasteiger partial charge in [0.25, 0.3) is 5.91 Å². The lowest BCUT2D eigenvalue weighted by Gasteiger charge is -2.22. The molecular formula is C24H23F3N2O5. The van der Waals surface area contributed by atoms with E-state index < -0.39 is 29.7 Å². The summed E-state index contributed by atoms with van der Waals surface area (Å²) >= 11 is 0. The summed E-state index contributed by atoms with van der Waals surface area (Å²) in [4.78, 5) is 25.5. The summed E-state index contributed by atoms with van der Waals surface area (Å²) in [6.07, 6.45) is -4.35. The number of esters is 1. The van der Waals surface area contributed by atoms with Crippen molar-refractivity contribution in [2.75, 3.05) is 14.2 Å². The molecule has 0 radical (unpaired) electrons. The van der Waals surface area contributed by atoms with Gasteiger partial charge in [0.2, 0.25) is 5.76 Å². The maximum atomic E-state index is 12.7. The molecule has 3 rings (SSSR count). The van der Waals surface area contributed by atoms with Gasteiger partial charge in [0.05, 0.1) is 19.1 Å². The number of hydrogen-bond donors (Lipinski definition) is 0. The number of ether oxygens (including phenoxy) is 2. The van der Waals surface area contributed by atoms with Gasteiger partial charge in [-0.3, -0.25) is 9.59 Å². The molecule has 3 aromatic rings. The van der Waals surface area contributed by atoms with E-state index in [2.05, 4.69) is 9.89 Å². The molecule has 0 aliphatic rings. The minimum atomic E-state index is -4.39. The molecule has 2 aromatic carbocycles. The molecule has 0 aliphatic heterocycles. The van der Waals surface area contributed by atoms with Crippen molar-refractivity contribution in [3.8, 4) is 17.0 Å². The van der Waals surface area contributed by atoms with E-state index in [1.54, 1.807) is 38.2 Å². The second kappa shape index (κ2) is 10.4. The molecule has 34 heavy (non-hydrogen) atoms. The lowest BCUT2D eigenvalue weighted by atomic mass is 10.1. The van der Waals surface area contributed by atoms with Crippen molar-refractivity contribution in [1.82, 2.24) is 10.1 Å². The van der Waals surface area contributed by atoms with E-state index in [4.69, 9.17) is 9.26 Å². The molecule has 7 nitrogen and oxygen atoms in total. The van der Waals surface area contributed by atoms with Gasteiger partial charge >= 0.3 is 12.1 Å². The number of alkyl halides is 3. The predicted octanol–water partition coefficient (Wildman–Crippen LogP) is 4.96. The molecule has 1 heterocycles. The number of rotatable bonds is 8. The van der Waals surface area contributed by atoms with Crippen LogP contribution in [0.1, 0.15) is 35.0 Å². The van der Waals surface area contributed by atoms with Gasteiger partial charge in [-0.1, -0.05) is 29.4 Å². The van der Waals surface area contributed by atoms with Crippen molar-refractivity contribution in [2.24, 2.45) is 0 Å². The second-order valence-corrected chi connectivity index (χ2v) is 7.63. The number of hydrogen-bond acceptors (Lipinski definition) is 6. The van der Waals surface area contributed by atoms with Gasteiger partial charge in [-0.15, -0.1) is 0 Å². The van der Waals surface area contributed by atoms with Crippen LogP contribution >= 0.6 is 0 Å². The normalized spacial score (nSPS) is 12.2. The Labute approximate surface area is 194 Å². The second-order valence-electron chi connectivity index (χ2n) is 7.63. The third-order valence-corrected chi connectivity index (χ3v) is 5.21. The Morgan fingerprint density at radius 1 is 1.12 bits per heavy atom. The Kier molecular flexibility index (Phi) is 7.60. The molecule has 1 amide bonds. The quantitative estimate of drug-likeness (QED) is 0.428. The number of carbonyl (C=O) groups is 2. The van der Waals surface area contributed by atoms with E-state index in [9.17, 15) is 22.8 Å². The number of amides is 1. The lowest BCUT2D eigenvalue weighted by molar-refractivity contribution is -0.141. The standard InChI is InChI=1S/C24H23F3N2O5/c1-15(11-22(30)32-3)29(2)23(31)21-13-20(28-34-21)17-5-4-6-19(12-17)33-14-16-7-9-18(10-8-16)24(25,26)27/h4-10,12-13,15H,11,14H2,1-3H3. The van der Waals surface area contributed by atoms with Gasteiger partial charge in [-0.05, 0) is 36.8 Å². The number of methoxy groups -OCH3 is 1. The summed E-state index contributed by atoms with van der Waals surface area (Å²) in [6, 6.07) is 12.7. The first kappa shape index (κ1) is 24.8. The van der Waals surface area contributed by atoms with E-state index in [0.29, 0.717) is 22.6 Å². The molecule has 1 unspecified atom stereocenters. The lowest BCUT2D eigenvalue weighted by Crippen LogP contribution is -2.36. The first-order valence-electron chi connectivity index (χ1n) is 10.3. The predicted molar refractivity (Wildman–Crippen MR) is 116 cm³/mol. The molecule has 0 saturated heterocycles. The average Bonchev–Trinajstić information content (AvgIpc) is 3.32. The Balaban J connectivity index is 1.66. The van der Waals surface area contributed by atoms with Crippen molar-refractivity contribution < 1.29 is 36.8 Å². The Morgan fingerprint density at radius 2 is 1.82 bits per heavy atom. The monoisotopic (exact) mass is 476 g/mol. The zero-order valence-electron chi connectivity index (χ0n) is 18.8. The van der Waals surface area contributed by atoms with Gasteiger partial charge < -0.3 is 18.9 Å². The fourth-order valence-electron chi connectivity index (χ4n) is 3.05. The Bertz CT molecular complexity index is 1140. The molecule has 1 atom stereocenters. The fraction of sp³-hybridized carbons (Fsp3) is 0.292. The molecule has 180 valence electrons. The molecule has 0 fully saturated rings. The maximum absolute atomic E-state index is 12.7. The van der Waals surface area contributed by atoms with Crippen LogP contribution in [0, 0.1) is 0 Å². The maximum Gasteiger partial charge on any atom is 0.416 e. The zero-order chi connectivity index (χ0) is 24.9. The highest BCUT2D eigenvalue weighted by Gasteiger charge is 2.30. The van der Waals surface area contributed by atoms with Crippen molar-refractivity contribution in [3.63, 3.8) is 0 Å². The fourth-order valence-corrected chi connectivity index (χ4v) is 3.05. The summed E-state index contributed by atoms with van der Waals surface area (Å²) in [7, 11) is 2.83. The molecule has 10 heteroatoms. The van der Waals surface area contributed by atoms with E-state index in [-0.39, 0.29) is 18.8 Å². The molecule has 0 aliphatic carbocycles. The number of halogens is 3. The molecule has 1 aromatic heterocycles. The third kappa shape index (κ3) is 6.15. The van der Waals surface area contributed by atoms with Gasteiger partial charge in [0.1, 0.15) is 18.1 Å². The van der Waals surface area contributed by atoms with E-state index >= 15 is 0 Å². The van der Waals surface area contributed by atoms with Crippen LogP contribution in [0.3, 0.4) is 0 Å². The molecule has 0 saturated carbocycles. The Hall–Kier alpha value is -3.82. The highest BCUT2D eigenvalue weighted by molar-refractivity contribution is 5.92. The molecular weight excluding hydrogens is 453 g/mol. The largest absolute Gasteiger partial charge is 0.489 e. The van der Waals surface area contributed by atoms with Crippen molar-refractivity contribution in [1.29, 1.82) is 0 Å². The first-order chi connectivity index (χ1) is 16.1. The van der Waals surface area contributed by atoms with E-state index in [1.807, 2.05) is 0 Å². The SMILES string of the molecule is COC(=O)CC(C)N(C)C(=O)c1cc(-c2cccc(OCc3ccc(C(F)(F)F)cc3)c2)no1. The van der Waals surface area contributed by atoms with Crippen LogP contribution in [-0.2, 0) is 22.3 Å². The van der Waals surface area contributed by atoms with Crippen LogP contribution < -0.4 is 4.74 Å². The molecule has 0 N–H and O–H groups in total.